The monoisotopic (exact) mass is 808 g/mol. The molecule has 0 unspecified atom stereocenters. The van der Waals surface area contributed by atoms with Crippen LogP contribution in [0.4, 0.5) is 9.59 Å². The Morgan fingerprint density at radius 3 is 1.79 bits per heavy atom. The fourth-order valence-corrected chi connectivity index (χ4v) is 7.52. The van der Waals surface area contributed by atoms with Crippen molar-refractivity contribution >= 4 is 63.2 Å². The number of hydrogen-bond donors (Lipinski definition) is 1. The van der Waals surface area contributed by atoms with E-state index in [0.29, 0.717) is 32.8 Å². The fraction of sp³-hybridized carbons (Fsp3) is 0.419. The first-order valence-corrected chi connectivity index (χ1v) is 19.1. The van der Waals surface area contributed by atoms with E-state index < -0.39 is 23.4 Å². The highest BCUT2D eigenvalue weighted by Gasteiger charge is 2.35. The van der Waals surface area contributed by atoms with Crippen LogP contribution in [0.25, 0.3) is 21.8 Å². The summed E-state index contributed by atoms with van der Waals surface area (Å²) in [5.41, 5.74) is 3.31. The number of ether oxygens (including phenoxy) is 5. The van der Waals surface area contributed by atoms with Gasteiger partial charge in [-0.05, 0) is 128 Å². The Kier molecular flexibility index (Phi) is 12.7. The molecule has 0 radical (unpaired) electrons. The number of carbonyl (C=O) groups is 3. The lowest BCUT2D eigenvalue weighted by Gasteiger charge is -2.36. The number of methoxy groups -OCH3 is 2. The molecule has 1 aliphatic rings. The number of fused-ring (bicyclic) bond motifs is 2. The zero-order chi connectivity index (χ0) is 41.3. The standard InChI is InChI=1S/C29H34ClNO6.C14H16ClNO3/c1-17-15-23(30)26(21-13-14-31(25(17)21)28(33)37-29(2,3)4)36-24-12-11-20(34-5)16-22(24)18-7-9-19(10-8-18)27(32)35-6;1-8-7-10(15)12(17)9-5-6-16(11(8)9)13(18)19-14(2,3)4/h7-10,13-15,20,22,24H,11-12,16H2,1-6H3;5-7,17H,1-4H3/t20-,22-,24+;/m0./s1. The van der Waals surface area contributed by atoms with Crippen LogP contribution in [0.5, 0.6) is 11.5 Å². The molecule has 2 aromatic heterocycles. The van der Waals surface area contributed by atoms with E-state index in [4.69, 9.17) is 46.9 Å². The highest BCUT2D eigenvalue weighted by molar-refractivity contribution is 6.34. The number of nitrogens with zero attached hydrogens (tertiary/aromatic N) is 2. The van der Waals surface area contributed by atoms with Crippen LogP contribution in [0.3, 0.4) is 0 Å². The highest BCUT2D eigenvalue weighted by Crippen LogP contribution is 2.43. The van der Waals surface area contributed by atoms with Crippen LogP contribution in [0, 0.1) is 13.8 Å². The van der Waals surface area contributed by atoms with Crippen LogP contribution in [0.2, 0.25) is 10.0 Å². The molecule has 2 heterocycles. The quantitative estimate of drug-likeness (QED) is 0.136. The highest BCUT2D eigenvalue weighted by atomic mass is 35.5. The summed E-state index contributed by atoms with van der Waals surface area (Å²) in [6, 6.07) is 14.4. The third-order valence-electron chi connectivity index (χ3n) is 9.43. The normalized spacial score (nSPS) is 17.2. The number of phenolic OH excluding ortho intramolecular Hbond substituents is 1. The van der Waals surface area contributed by atoms with Crippen molar-refractivity contribution in [3.63, 3.8) is 0 Å². The average molecular weight is 810 g/mol. The average Bonchev–Trinajstić information content (AvgIpc) is 3.78. The molecular formula is C43H50Cl2N2O9. The van der Waals surface area contributed by atoms with E-state index in [9.17, 15) is 19.5 Å². The molecule has 0 spiro atoms. The van der Waals surface area contributed by atoms with Gasteiger partial charge in [0, 0.05) is 36.2 Å². The Hall–Kier alpha value is -4.71. The number of aryl methyl sites for hydroxylation is 2. The van der Waals surface area contributed by atoms with Gasteiger partial charge in [0.1, 0.15) is 28.8 Å². The van der Waals surface area contributed by atoms with Gasteiger partial charge in [-0.25, -0.2) is 14.4 Å². The predicted octanol–water partition coefficient (Wildman–Crippen LogP) is 11.0. The zero-order valence-corrected chi connectivity index (χ0v) is 35.0. The third-order valence-corrected chi connectivity index (χ3v) is 10.00. The second-order valence-corrected chi connectivity index (χ2v) is 16.7. The largest absolute Gasteiger partial charge is 0.506 e. The molecule has 0 aliphatic heterocycles. The fourth-order valence-electron chi connectivity index (χ4n) is 6.94. The SMILES string of the molecule is COC(=O)c1ccc([C@@H]2C[C@@H](OC)CC[C@H]2Oc2c(Cl)cc(C)c3c2ccn3C(=O)OC(C)(C)C)cc1.Cc1cc(Cl)c(O)c2ccn(C(=O)OC(C)(C)C)c12. The van der Waals surface area contributed by atoms with Crippen molar-refractivity contribution in [2.24, 2.45) is 0 Å². The first kappa shape index (κ1) is 42.4. The molecule has 11 nitrogen and oxygen atoms in total. The van der Waals surface area contributed by atoms with Crippen LogP contribution in [0.1, 0.15) is 93.8 Å². The molecule has 1 N–H and O–H groups in total. The van der Waals surface area contributed by atoms with Gasteiger partial charge in [0.05, 0.1) is 39.9 Å². The van der Waals surface area contributed by atoms with Crippen molar-refractivity contribution in [3.8, 4) is 11.5 Å². The first-order chi connectivity index (χ1) is 26.2. The van der Waals surface area contributed by atoms with E-state index in [-0.39, 0.29) is 34.9 Å². The van der Waals surface area contributed by atoms with Gasteiger partial charge in [0.15, 0.2) is 0 Å². The smallest absolute Gasteiger partial charge is 0.419 e. The van der Waals surface area contributed by atoms with Crippen LogP contribution in [-0.2, 0) is 18.9 Å². The van der Waals surface area contributed by atoms with Crippen molar-refractivity contribution in [2.45, 2.75) is 104 Å². The number of rotatable bonds is 5. The number of hydrogen-bond acceptors (Lipinski definition) is 9. The third kappa shape index (κ3) is 9.45. The molecule has 3 atom stereocenters. The molecule has 1 saturated carbocycles. The van der Waals surface area contributed by atoms with Crippen molar-refractivity contribution in [2.75, 3.05) is 14.2 Å². The maximum Gasteiger partial charge on any atom is 0.419 e. The summed E-state index contributed by atoms with van der Waals surface area (Å²) >= 11 is 12.6. The summed E-state index contributed by atoms with van der Waals surface area (Å²) in [5, 5.41) is 12.0. The number of carbonyl (C=O) groups excluding carboxylic acids is 3. The number of aromatic hydroxyl groups is 1. The van der Waals surface area contributed by atoms with E-state index in [1.165, 1.54) is 16.2 Å². The molecular weight excluding hydrogens is 759 g/mol. The molecule has 0 amide bonds. The van der Waals surface area contributed by atoms with Gasteiger partial charge in [-0.15, -0.1) is 0 Å². The van der Waals surface area contributed by atoms with Gasteiger partial charge in [-0.3, -0.25) is 9.13 Å². The Labute approximate surface area is 337 Å². The maximum atomic E-state index is 12.9. The van der Waals surface area contributed by atoms with Crippen molar-refractivity contribution in [3.05, 3.63) is 93.2 Å². The zero-order valence-electron chi connectivity index (χ0n) is 33.5. The second-order valence-electron chi connectivity index (χ2n) is 15.9. The van der Waals surface area contributed by atoms with E-state index in [1.54, 1.807) is 64.5 Å². The molecule has 1 aliphatic carbocycles. The van der Waals surface area contributed by atoms with E-state index >= 15 is 0 Å². The van der Waals surface area contributed by atoms with Gasteiger partial charge in [-0.2, -0.15) is 0 Å². The van der Waals surface area contributed by atoms with E-state index in [0.717, 1.165) is 41.3 Å². The number of phenols is 1. The van der Waals surface area contributed by atoms with Crippen molar-refractivity contribution in [1.82, 2.24) is 9.13 Å². The molecule has 5 aromatic rings. The maximum absolute atomic E-state index is 12.9. The topological polar surface area (TPSA) is 127 Å². The summed E-state index contributed by atoms with van der Waals surface area (Å²) < 4.78 is 31.0. The minimum Gasteiger partial charge on any atom is -0.506 e. The van der Waals surface area contributed by atoms with E-state index in [1.807, 2.05) is 58.9 Å². The molecule has 300 valence electrons. The van der Waals surface area contributed by atoms with Gasteiger partial charge >= 0.3 is 18.2 Å². The molecule has 56 heavy (non-hydrogen) atoms. The molecule has 3 aromatic carbocycles. The van der Waals surface area contributed by atoms with Gasteiger partial charge in [0.2, 0.25) is 0 Å². The summed E-state index contributed by atoms with van der Waals surface area (Å²) in [6.45, 7) is 14.7. The Balaban J connectivity index is 0.000000265. The summed E-state index contributed by atoms with van der Waals surface area (Å²) in [7, 11) is 3.09. The minimum atomic E-state index is -0.621. The number of halogens is 2. The number of esters is 1. The molecule has 1 fully saturated rings. The molecule has 13 heteroatoms. The van der Waals surface area contributed by atoms with Crippen molar-refractivity contribution in [1.29, 1.82) is 0 Å². The lowest BCUT2D eigenvalue weighted by atomic mass is 9.80. The minimum absolute atomic E-state index is 0.0192. The van der Waals surface area contributed by atoms with E-state index in [2.05, 4.69) is 0 Å². The summed E-state index contributed by atoms with van der Waals surface area (Å²) in [5.74, 6) is 0.165. The van der Waals surface area contributed by atoms with Crippen LogP contribution < -0.4 is 4.74 Å². The Bertz CT molecular complexity index is 2240. The summed E-state index contributed by atoms with van der Waals surface area (Å²) in [4.78, 5) is 36.9. The van der Waals surface area contributed by atoms with Crippen molar-refractivity contribution < 1.29 is 43.2 Å². The Morgan fingerprint density at radius 2 is 1.27 bits per heavy atom. The number of benzene rings is 3. The lowest BCUT2D eigenvalue weighted by molar-refractivity contribution is 0.0195. The molecule has 0 saturated heterocycles. The molecule has 6 rings (SSSR count). The first-order valence-electron chi connectivity index (χ1n) is 18.4. The van der Waals surface area contributed by atoms with Gasteiger partial charge in [0.25, 0.3) is 0 Å². The van der Waals surface area contributed by atoms with Crippen LogP contribution >= 0.6 is 23.2 Å². The van der Waals surface area contributed by atoms with Gasteiger partial charge in [-0.1, -0.05) is 35.3 Å². The molecule has 0 bridgehead atoms. The Morgan fingerprint density at radius 1 is 0.750 bits per heavy atom. The summed E-state index contributed by atoms with van der Waals surface area (Å²) in [6.07, 6.45) is 4.64. The van der Waals surface area contributed by atoms with Crippen LogP contribution in [0.15, 0.2) is 60.9 Å². The van der Waals surface area contributed by atoms with Crippen LogP contribution in [-0.4, -0.2) is 70.0 Å². The number of aromatic nitrogens is 2. The second kappa shape index (κ2) is 16.8. The van der Waals surface area contributed by atoms with Gasteiger partial charge < -0.3 is 28.8 Å². The lowest BCUT2D eigenvalue weighted by Crippen LogP contribution is -2.35. The predicted molar refractivity (Wildman–Crippen MR) is 218 cm³/mol.